The van der Waals surface area contributed by atoms with Gasteiger partial charge in [0.05, 0.1) is 0 Å². The van der Waals surface area contributed by atoms with E-state index in [1.165, 1.54) is 6.08 Å². The molecule has 0 bridgehead atoms. The number of amides is 3. The summed E-state index contributed by atoms with van der Waals surface area (Å²) < 4.78 is 0. The lowest BCUT2D eigenvalue weighted by Crippen LogP contribution is -2.27. The van der Waals surface area contributed by atoms with Crippen molar-refractivity contribution in [1.82, 2.24) is 10.2 Å². The van der Waals surface area contributed by atoms with Gasteiger partial charge in [-0.15, -0.1) is 0 Å². The van der Waals surface area contributed by atoms with E-state index < -0.39 is 0 Å². The molecule has 1 heterocycles. The number of hydrogen-bond donors (Lipinski definition) is 2. The number of benzene rings is 2. The first-order valence-electron chi connectivity index (χ1n) is 9.27. The fourth-order valence-electron chi connectivity index (χ4n) is 3.08. The summed E-state index contributed by atoms with van der Waals surface area (Å²) in [6.07, 6.45) is 5.17. The van der Waals surface area contributed by atoms with Gasteiger partial charge in [-0.05, 0) is 54.8 Å². The van der Waals surface area contributed by atoms with Crippen LogP contribution in [0.25, 0.3) is 6.08 Å². The highest BCUT2D eigenvalue weighted by atomic mass is 16.2. The molecule has 0 spiro atoms. The molecule has 0 aliphatic carbocycles. The van der Waals surface area contributed by atoms with E-state index in [4.69, 9.17) is 0 Å². The van der Waals surface area contributed by atoms with Crippen molar-refractivity contribution in [2.24, 2.45) is 0 Å². The number of nitrogens with one attached hydrogen (secondary N) is 2. The fraction of sp³-hybridized carbons (Fsp3) is 0.227. The van der Waals surface area contributed by atoms with Crippen LogP contribution in [0.2, 0.25) is 0 Å². The van der Waals surface area contributed by atoms with E-state index in [2.05, 4.69) is 10.6 Å². The summed E-state index contributed by atoms with van der Waals surface area (Å²) in [6, 6.07) is 13.9. The molecule has 3 rings (SSSR count). The second-order valence-corrected chi connectivity index (χ2v) is 6.60. The predicted molar refractivity (Wildman–Crippen MR) is 109 cm³/mol. The van der Waals surface area contributed by atoms with Gasteiger partial charge >= 0.3 is 0 Å². The fourth-order valence-corrected chi connectivity index (χ4v) is 3.08. The van der Waals surface area contributed by atoms with Crippen LogP contribution in [0.4, 0.5) is 5.69 Å². The normalized spacial score (nSPS) is 13.5. The van der Waals surface area contributed by atoms with Gasteiger partial charge in [-0.3, -0.25) is 14.4 Å². The van der Waals surface area contributed by atoms with E-state index in [0.717, 1.165) is 31.5 Å². The molecule has 1 fully saturated rings. The third-order valence-corrected chi connectivity index (χ3v) is 4.60. The molecule has 1 aliphatic rings. The van der Waals surface area contributed by atoms with Crippen LogP contribution in [0.3, 0.4) is 0 Å². The zero-order valence-electron chi connectivity index (χ0n) is 15.8. The summed E-state index contributed by atoms with van der Waals surface area (Å²) >= 11 is 0. The topological polar surface area (TPSA) is 78.5 Å². The van der Waals surface area contributed by atoms with Crippen molar-refractivity contribution in [1.29, 1.82) is 0 Å². The number of nitrogens with zero attached hydrogens (tertiary/aromatic N) is 1. The van der Waals surface area contributed by atoms with Crippen LogP contribution in [0, 0.1) is 0 Å². The molecule has 0 unspecified atom stereocenters. The number of anilines is 1. The lowest BCUT2D eigenvalue weighted by Gasteiger charge is -2.15. The van der Waals surface area contributed by atoms with Crippen LogP contribution in [0.15, 0.2) is 54.6 Å². The lowest BCUT2D eigenvalue weighted by molar-refractivity contribution is -0.111. The summed E-state index contributed by atoms with van der Waals surface area (Å²) in [5, 5.41) is 5.34. The standard InChI is InChI=1S/C22H23N3O3/c1-23-21(27)17-10-7-16(8-11-17)9-12-20(26)24-19-6-4-5-18(15-19)22(28)25-13-2-3-14-25/h4-12,15H,2-3,13-14H2,1H3,(H,23,27)(H,24,26)/b12-9+. The lowest BCUT2D eigenvalue weighted by atomic mass is 10.1. The first-order valence-corrected chi connectivity index (χ1v) is 9.27. The van der Waals surface area contributed by atoms with E-state index in [-0.39, 0.29) is 17.7 Å². The molecule has 0 atom stereocenters. The monoisotopic (exact) mass is 377 g/mol. The second kappa shape index (κ2) is 8.99. The van der Waals surface area contributed by atoms with Crippen LogP contribution < -0.4 is 10.6 Å². The Hall–Kier alpha value is -3.41. The van der Waals surface area contributed by atoms with Gasteiger partial charge in [0.1, 0.15) is 0 Å². The number of carbonyl (C=O) groups is 3. The van der Waals surface area contributed by atoms with Crippen LogP contribution in [-0.2, 0) is 4.79 Å². The van der Waals surface area contributed by atoms with Gasteiger partial charge in [0.25, 0.3) is 11.8 Å². The Morgan fingerprint density at radius 3 is 2.36 bits per heavy atom. The van der Waals surface area contributed by atoms with Crippen LogP contribution >= 0.6 is 0 Å². The molecular formula is C22H23N3O3. The number of carbonyl (C=O) groups excluding carboxylic acids is 3. The summed E-state index contributed by atoms with van der Waals surface area (Å²) in [7, 11) is 1.58. The van der Waals surface area contributed by atoms with E-state index >= 15 is 0 Å². The first kappa shape index (κ1) is 19.4. The number of rotatable bonds is 5. The van der Waals surface area contributed by atoms with Gasteiger partial charge in [-0.1, -0.05) is 18.2 Å². The molecule has 144 valence electrons. The van der Waals surface area contributed by atoms with Gasteiger partial charge in [0.15, 0.2) is 0 Å². The minimum absolute atomic E-state index is 0.000321. The van der Waals surface area contributed by atoms with Crippen molar-refractivity contribution in [3.8, 4) is 0 Å². The Labute approximate surface area is 164 Å². The molecule has 28 heavy (non-hydrogen) atoms. The highest BCUT2D eigenvalue weighted by Gasteiger charge is 2.19. The summed E-state index contributed by atoms with van der Waals surface area (Å²) in [5.74, 6) is -0.446. The van der Waals surface area contributed by atoms with Crippen molar-refractivity contribution in [3.05, 3.63) is 71.3 Å². The number of hydrogen-bond acceptors (Lipinski definition) is 3. The molecule has 0 aromatic heterocycles. The average molecular weight is 377 g/mol. The Kier molecular flexibility index (Phi) is 6.22. The Morgan fingerprint density at radius 1 is 0.964 bits per heavy atom. The van der Waals surface area contributed by atoms with E-state index in [1.807, 2.05) is 4.90 Å². The maximum atomic E-state index is 12.5. The summed E-state index contributed by atoms with van der Waals surface area (Å²) in [6.45, 7) is 1.58. The average Bonchev–Trinajstić information content (AvgIpc) is 3.26. The van der Waals surface area contributed by atoms with Crippen molar-refractivity contribution < 1.29 is 14.4 Å². The van der Waals surface area contributed by atoms with E-state index in [0.29, 0.717) is 16.8 Å². The van der Waals surface area contributed by atoms with Crippen molar-refractivity contribution in [3.63, 3.8) is 0 Å². The molecule has 2 N–H and O–H groups in total. The Bertz CT molecular complexity index is 897. The van der Waals surface area contributed by atoms with Gasteiger partial charge in [-0.2, -0.15) is 0 Å². The molecular weight excluding hydrogens is 354 g/mol. The number of likely N-dealkylation sites (tertiary alicyclic amines) is 1. The maximum Gasteiger partial charge on any atom is 0.253 e. The van der Waals surface area contributed by atoms with E-state index in [9.17, 15) is 14.4 Å². The van der Waals surface area contributed by atoms with E-state index in [1.54, 1.807) is 61.7 Å². The third-order valence-electron chi connectivity index (χ3n) is 4.60. The zero-order chi connectivity index (χ0) is 19.9. The van der Waals surface area contributed by atoms with Crippen molar-refractivity contribution >= 4 is 29.5 Å². The molecule has 2 aromatic rings. The highest BCUT2D eigenvalue weighted by molar-refractivity contribution is 6.03. The molecule has 1 aliphatic heterocycles. The van der Waals surface area contributed by atoms with Crippen LogP contribution in [0.1, 0.15) is 39.1 Å². The Balaban J connectivity index is 1.61. The smallest absolute Gasteiger partial charge is 0.253 e. The minimum atomic E-state index is -0.291. The summed E-state index contributed by atoms with van der Waals surface area (Å²) in [5.41, 5.74) is 2.52. The maximum absolute atomic E-state index is 12.5. The minimum Gasteiger partial charge on any atom is -0.355 e. The molecule has 0 saturated carbocycles. The molecule has 0 radical (unpaired) electrons. The molecule has 6 nitrogen and oxygen atoms in total. The van der Waals surface area contributed by atoms with Gasteiger partial charge in [0.2, 0.25) is 5.91 Å². The van der Waals surface area contributed by atoms with Crippen molar-refractivity contribution in [2.75, 3.05) is 25.5 Å². The third kappa shape index (κ3) is 4.85. The van der Waals surface area contributed by atoms with Gasteiger partial charge < -0.3 is 15.5 Å². The zero-order valence-corrected chi connectivity index (χ0v) is 15.8. The molecule has 2 aromatic carbocycles. The first-order chi connectivity index (χ1) is 13.6. The Morgan fingerprint density at radius 2 is 1.68 bits per heavy atom. The second-order valence-electron chi connectivity index (χ2n) is 6.60. The predicted octanol–water partition coefficient (Wildman–Crippen LogP) is 2.93. The SMILES string of the molecule is CNC(=O)c1ccc(/C=C/C(=O)Nc2cccc(C(=O)N3CCCC3)c2)cc1. The largest absolute Gasteiger partial charge is 0.355 e. The quantitative estimate of drug-likeness (QED) is 0.787. The highest BCUT2D eigenvalue weighted by Crippen LogP contribution is 2.16. The van der Waals surface area contributed by atoms with Crippen LogP contribution in [-0.4, -0.2) is 42.8 Å². The molecule has 6 heteroatoms. The van der Waals surface area contributed by atoms with Crippen molar-refractivity contribution in [2.45, 2.75) is 12.8 Å². The van der Waals surface area contributed by atoms with Gasteiger partial charge in [-0.25, -0.2) is 0 Å². The molecule has 3 amide bonds. The summed E-state index contributed by atoms with van der Waals surface area (Å²) in [4.78, 5) is 38.0. The van der Waals surface area contributed by atoms with Gasteiger partial charge in [0, 0.05) is 43.0 Å². The van der Waals surface area contributed by atoms with Crippen LogP contribution in [0.5, 0.6) is 0 Å². The molecule has 1 saturated heterocycles.